The van der Waals surface area contributed by atoms with Crippen molar-refractivity contribution in [1.82, 2.24) is 14.8 Å². The van der Waals surface area contributed by atoms with Crippen molar-refractivity contribution in [2.24, 2.45) is 0 Å². The van der Waals surface area contributed by atoms with E-state index >= 15 is 0 Å². The lowest BCUT2D eigenvalue weighted by Gasteiger charge is -2.16. The molecular formula is C15H17F3N4O2S. The van der Waals surface area contributed by atoms with Crippen LogP contribution < -0.4 is 11.0 Å². The number of amides is 1. The molecule has 2 aromatic rings. The number of anilines is 1. The lowest BCUT2D eigenvalue weighted by Crippen LogP contribution is -2.25. The van der Waals surface area contributed by atoms with E-state index in [4.69, 9.17) is 0 Å². The van der Waals surface area contributed by atoms with E-state index in [2.05, 4.69) is 15.5 Å². The van der Waals surface area contributed by atoms with Gasteiger partial charge in [0.15, 0.2) is 5.16 Å². The SMILES string of the molecule is CCCn1c(S[C@@H](C)C(=O)Nc2ccccc2C(F)(F)F)n[nH]c1=O. The fourth-order valence-corrected chi connectivity index (χ4v) is 2.98. The van der Waals surface area contributed by atoms with Crippen LogP contribution in [0.2, 0.25) is 0 Å². The molecule has 2 rings (SSSR count). The smallest absolute Gasteiger partial charge is 0.325 e. The minimum absolute atomic E-state index is 0.305. The van der Waals surface area contributed by atoms with E-state index in [-0.39, 0.29) is 11.4 Å². The Hall–Kier alpha value is -2.23. The van der Waals surface area contributed by atoms with Crippen molar-refractivity contribution >= 4 is 23.4 Å². The molecule has 25 heavy (non-hydrogen) atoms. The topological polar surface area (TPSA) is 79.8 Å². The first kappa shape index (κ1) is 19.1. The number of carbonyl (C=O) groups excluding carboxylic acids is 1. The van der Waals surface area contributed by atoms with Gasteiger partial charge in [-0.2, -0.15) is 13.2 Å². The van der Waals surface area contributed by atoms with Crippen LogP contribution in [0, 0.1) is 0 Å². The molecule has 1 aromatic heterocycles. The summed E-state index contributed by atoms with van der Waals surface area (Å²) in [6.45, 7) is 3.85. The molecule has 0 saturated heterocycles. The van der Waals surface area contributed by atoms with Crippen LogP contribution in [-0.4, -0.2) is 25.9 Å². The molecule has 1 aromatic carbocycles. The second-order valence-electron chi connectivity index (χ2n) is 5.26. The summed E-state index contributed by atoms with van der Waals surface area (Å²) in [4.78, 5) is 23.9. The monoisotopic (exact) mass is 374 g/mol. The van der Waals surface area contributed by atoms with Gasteiger partial charge in [-0.1, -0.05) is 30.8 Å². The number of aromatic nitrogens is 3. The number of H-pyrrole nitrogens is 1. The first-order chi connectivity index (χ1) is 11.7. The first-order valence-electron chi connectivity index (χ1n) is 7.53. The minimum atomic E-state index is -4.57. The predicted molar refractivity (Wildman–Crippen MR) is 88.5 cm³/mol. The normalized spacial score (nSPS) is 12.8. The molecular weight excluding hydrogens is 357 g/mol. The number of para-hydroxylation sites is 1. The molecule has 0 radical (unpaired) electrons. The Morgan fingerprint density at radius 1 is 1.40 bits per heavy atom. The van der Waals surface area contributed by atoms with E-state index in [9.17, 15) is 22.8 Å². The van der Waals surface area contributed by atoms with Gasteiger partial charge in [-0.3, -0.25) is 9.36 Å². The molecule has 10 heteroatoms. The van der Waals surface area contributed by atoms with Gasteiger partial charge >= 0.3 is 11.9 Å². The lowest BCUT2D eigenvalue weighted by molar-refractivity contribution is -0.137. The van der Waals surface area contributed by atoms with E-state index in [0.29, 0.717) is 18.1 Å². The number of halogens is 3. The molecule has 0 aliphatic carbocycles. The van der Waals surface area contributed by atoms with Crippen molar-refractivity contribution in [2.45, 2.75) is 43.4 Å². The Kier molecular flexibility index (Phi) is 5.93. The molecule has 136 valence electrons. The summed E-state index contributed by atoms with van der Waals surface area (Å²) in [7, 11) is 0. The summed E-state index contributed by atoms with van der Waals surface area (Å²) >= 11 is 0.999. The summed E-state index contributed by atoms with van der Waals surface area (Å²) in [6.07, 6.45) is -3.86. The third-order valence-electron chi connectivity index (χ3n) is 3.31. The van der Waals surface area contributed by atoms with Crippen LogP contribution >= 0.6 is 11.8 Å². The third-order valence-corrected chi connectivity index (χ3v) is 4.40. The minimum Gasteiger partial charge on any atom is -0.325 e. The second-order valence-corrected chi connectivity index (χ2v) is 6.56. The zero-order valence-corrected chi connectivity index (χ0v) is 14.4. The molecule has 0 aliphatic rings. The number of alkyl halides is 3. The van der Waals surface area contributed by atoms with Gasteiger partial charge in [0, 0.05) is 6.54 Å². The number of thioether (sulfide) groups is 1. The van der Waals surface area contributed by atoms with Crippen molar-refractivity contribution in [3.05, 3.63) is 40.3 Å². The van der Waals surface area contributed by atoms with Crippen LogP contribution in [0.5, 0.6) is 0 Å². The molecule has 1 atom stereocenters. The Morgan fingerprint density at radius 3 is 2.72 bits per heavy atom. The van der Waals surface area contributed by atoms with Crippen molar-refractivity contribution in [2.75, 3.05) is 5.32 Å². The molecule has 0 saturated carbocycles. The van der Waals surface area contributed by atoms with Gasteiger partial charge in [0.25, 0.3) is 0 Å². The van der Waals surface area contributed by atoms with Crippen LogP contribution in [0.4, 0.5) is 18.9 Å². The maximum atomic E-state index is 13.0. The quantitative estimate of drug-likeness (QED) is 0.762. The lowest BCUT2D eigenvalue weighted by atomic mass is 10.1. The average molecular weight is 374 g/mol. The highest BCUT2D eigenvalue weighted by Gasteiger charge is 2.34. The van der Waals surface area contributed by atoms with Crippen LogP contribution in [0.1, 0.15) is 25.8 Å². The molecule has 6 nitrogen and oxygen atoms in total. The van der Waals surface area contributed by atoms with E-state index in [0.717, 1.165) is 17.8 Å². The van der Waals surface area contributed by atoms with Gasteiger partial charge in [-0.05, 0) is 25.5 Å². The van der Waals surface area contributed by atoms with Crippen LogP contribution in [0.25, 0.3) is 0 Å². The van der Waals surface area contributed by atoms with Crippen LogP contribution in [0.3, 0.4) is 0 Å². The first-order valence-corrected chi connectivity index (χ1v) is 8.41. The van der Waals surface area contributed by atoms with Gasteiger partial charge < -0.3 is 5.32 Å². The van der Waals surface area contributed by atoms with Gasteiger partial charge in [0.05, 0.1) is 16.5 Å². The highest BCUT2D eigenvalue weighted by molar-refractivity contribution is 8.00. The van der Waals surface area contributed by atoms with E-state index in [1.807, 2.05) is 6.92 Å². The molecule has 0 aliphatic heterocycles. The number of hydrogen-bond donors (Lipinski definition) is 2. The zero-order chi connectivity index (χ0) is 18.6. The van der Waals surface area contributed by atoms with Crippen molar-refractivity contribution in [3.8, 4) is 0 Å². The molecule has 0 unspecified atom stereocenters. The van der Waals surface area contributed by atoms with Gasteiger partial charge in [-0.15, -0.1) is 5.10 Å². The van der Waals surface area contributed by atoms with Crippen LogP contribution in [0.15, 0.2) is 34.2 Å². The molecule has 2 N–H and O–H groups in total. The molecule has 0 fully saturated rings. The Labute approximate surface area is 145 Å². The standard InChI is InChI=1S/C15H17F3N4O2S/c1-3-8-22-13(24)20-21-14(22)25-9(2)12(23)19-11-7-5-4-6-10(11)15(16,17)18/h4-7,9H,3,8H2,1-2H3,(H,19,23)(H,20,24)/t9-/m0/s1. The summed E-state index contributed by atoms with van der Waals surface area (Å²) < 4.78 is 40.3. The fraction of sp³-hybridized carbons (Fsp3) is 0.400. The van der Waals surface area contributed by atoms with Gasteiger partial charge in [-0.25, -0.2) is 9.89 Å². The number of rotatable bonds is 6. The zero-order valence-electron chi connectivity index (χ0n) is 13.6. The maximum Gasteiger partial charge on any atom is 0.418 e. The molecule has 1 heterocycles. The number of aromatic amines is 1. The molecule has 1 amide bonds. The molecule has 0 spiro atoms. The Bertz CT molecular complexity index is 801. The maximum absolute atomic E-state index is 13.0. The van der Waals surface area contributed by atoms with Crippen LogP contribution in [-0.2, 0) is 17.5 Å². The Morgan fingerprint density at radius 2 is 2.08 bits per heavy atom. The summed E-state index contributed by atoms with van der Waals surface area (Å²) in [5.41, 5.74) is -1.61. The average Bonchev–Trinajstić information content (AvgIpc) is 2.88. The van der Waals surface area contributed by atoms with E-state index in [1.165, 1.54) is 29.7 Å². The summed E-state index contributed by atoms with van der Waals surface area (Å²) in [6, 6.07) is 4.76. The number of nitrogens with one attached hydrogen (secondary N) is 2. The second kappa shape index (κ2) is 7.77. The van der Waals surface area contributed by atoms with Gasteiger partial charge in [0.1, 0.15) is 0 Å². The number of benzene rings is 1. The van der Waals surface area contributed by atoms with Crippen molar-refractivity contribution < 1.29 is 18.0 Å². The van der Waals surface area contributed by atoms with E-state index < -0.39 is 22.9 Å². The number of nitrogens with zero attached hydrogens (tertiary/aromatic N) is 2. The number of hydrogen-bond acceptors (Lipinski definition) is 4. The highest BCUT2D eigenvalue weighted by atomic mass is 32.2. The Balaban J connectivity index is 2.13. The van der Waals surface area contributed by atoms with Crippen molar-refractivity contribution in [1.29, 1.82) is 0 Å². The van der Waals surface area contributed by atoms with Crippen molar-refractivity contribution in [3.63, 3.8) is 0 Å². The van der Waals surface area contributed by atoms with Gasteiger partial charge in [0.2, 0.25) is 5.91 Å². The van der Waals surface area contributed by atoms with E-state index in [1.54, 1.807) is 0 Å². The largest absolute Gasteiger partial charge is 0.418 e. The predicted octanol–water partition coefficient (Wildman–Crippen LogP) is 3.12. The fourth-order valence-electron chi connectivity index (χ4n) is 2.10. The molecule has 0 bridgehead atoms. The third kappa shape index (κ3) is 4.65. The highest BCUT2D eigenvalue weighted by Crippen LogP contribution is 2.35. The summed E-state index contributed by atoms with van der Waals surface area (Å²) in [5.74, 6) is -0.611. The summed E-state index contributed by atoms with van der Waals surface area (Å²) in [5, 5.41) is 8.02. The number of carbonyl (C=O) groups is 1.